The molecule has 0 rings (SSSR count). The van der Waals surface area contributed by atoms with E-state index in [1.807, 2.05) is 6.92 Å². The number of aliphatic imine (C=N–C) groups is 1. The highest BCUT2D eigenvalue weighted by Gasteiger charge is 1.80. The third-order valence-corrected chi connectivity index (χ3v) is 0.719. The predicted octanol–water partition coefficient (Wildman–Crippen LogP) is 2.02. The van der Waals surface area contributed by atoms with Crippen LogP contribution in [-0.2, 0) is 0 Å². The molecule has 0 unspecified atom stereocenters. The minimum atomic E-state index is 0.371. The summed E-state index contributed by atoms with van der Waals surface area (Å²) in [5.74, 6) is 0. The van der Waals surface area contributed by atoms with Gasteiger partial charge in [-0.3, -0.25) is 4.99 Å². The standard InChI is InChI=1S/C5H8IN/c1-3-4-7-5(2)6/h3-5H,1H2,2H3/b7-4-/t5-/m1/s1. The topological polar surface area (TPSA) is 12.4 Å². The molecule has 7 heavy (non-hydrogen) atoms. The molecule has 0 fully saturated rings. The fourth-order valence-electron chi connectivity index (χ4n) is 0.179. The van der Waals surface area contributed by atoms with E-state index in [2.05, 4.69) is 34.2 Å². The molecule has 0 bridgehead atoms. The molecule has 0 amide bonds. The van der Waals surface area contributed by atoms with E-state index in [0.29, 0.717) is 4.05 Å². The summed E-state index contributed by atoms with van der Waals surface area (Å²) >= 11 is 2.22. The minimum absolute atomic E-state index is 0.371. The highest BCUT2D eigenvalue weighted by molar-refractivity contribution is 14.1. The normalized spacial score (nSPS) is 14.6. The summed E-state index contributed by atoms with van der Waals surface area (Å²) in [7, 11) is 0. The monoisotopic (exact) mass is 209 g/mol. The lowest BCUT2D eigenvalue weighted by Gasteiger charge is -1.86. The quantitative estimate of drug-likeness (QED) is 0.285. The van der Waals surface area contributed by atoms with Crippen LogP contribution in [-0.4, -0.2) is 10.3 Å². The maximum atomic E-state index is 3.99. The Morgan fingerprint density at radius 1 is 1.86 bits per heavy atom. The zero-order valence-corrected chi connectivity index (χ0v) is 6.42. The third-order valence-electron chi connectivity index (χ3n) is 0.397. The molecule has 0 N–H and O–H groups in total. The predicted molar refractivity (Wildman–Crippen MR) is 42.2 cm³/mol. The van der Waals surface area contributed by atoms with Gasteiger partial charge in [0.05, 0.1) is 4.05 Å². The number of halogens is 1. The van der Waals surface area contributed by atoms with Crippen molar-refractivity contribution < 1.29 is 0 Å². The molecule has 2 heteroatoms. The maximum absolute atomic E-state index is 3.99. The van der Waals surface area contributed by atoms with Crippen LogP contribution in [0.15, 0.2) is 17.6 Å². The van der Waals surface area contributed by atoms with Crippen molar-refractivity contribution in [3.63, 3.8) is 0 Å². The van der Waals surface area contributed by atoms with Crippen LogP contribution in [0.4, 0.5) is 0 Å². The molecule has 1 atom stereocenters. The lowest BCUT2D eigenvalue weighted by molar-refractivity contribution is 1.10. The molecule has 0 saturated heterocycles. The van der Waals surface area contributed by atoms with Crippen LogP contribution in [0, 0.1) is 0 Å². The van der Waals surface area contributed by atoms with E-state index >= 15 is 0 Å². The van der Waals surface area contributed by atoms with Crippen molar-refractivity contribution in [2.24, 2.45) is 4.99 Å². The van der Waals surface area contributed by atoms with Gasteiger partial charge in [0.15, 0.2) is 0 Å². The van der Waals surface area contributed by atoms with E-state index in [1.54, 1.807) is 12.3 Å². The van der Waals surface area contributed by atoms with Crippen LogP contribution < -0.4 is 0 Å². The molecule has 0 radical (unpaired) electrons. The Kier molecular flexibility index (Phi) is 4.39. The van der Waals surface area contributed by atoms with E-state index in [9.17, 15) is 0 Å². The van der Waals surface area contributed by atoms with Crippen LogP contribution in [0.1, 0.15) is 6.92 Å². The average molecular weight is 209 g/mol. The number of allylic oxidation sites excluding steroid dienone is 1. The summed E-state index contributed by atoms with van der Waals surface area (Å²) in [5.41, 5.74) is 0. The number of nitrogens with zero attached hydrogens (tertiary/aromatic N) is 1. The number of hydrogen-bond donors (Lipinski definition) is 0. The Labute approximate surface area is 57.7 Å². The van der Waals surface area contributed by atoms with Gasteiger partial charge in [-0.2, -0.15) is 0 Å². The molecular formula is C5H8IN. The van der Waals surface area contributed by atoms with Crippen LogP contribution in [0.2, 0.25) is 0 Å². The van der Waals surface area contributed by atoms with Gasteiger partial charge >= 0.3 is 0 Å². The van der Waals surface area contributed by atoms with E-state index in [1.165, 1.54) is 0 Å². The second-order valence-electron chi connectivity index (χ2n) is 1.11. The third kappa shape index (κ3) is 6.14. The maximum Gasteiger partial charge on any atom is 0.0982 e. The van der Waals surface area contributed by atoms with Gasteiger partial charge < -0.3 is 0 Å². The van der Waals surface area contributed by atoms with Crippen LogP contribution in [0.3, 0.4) is 0 Å². The molecular weight excluding hydrogens is 201 g/mol. The molecule has 0 spiro atoms. The zero-order chi connectivity index (χ0) is 5.70. The van der Waals surface area contributed by atoms with Crippen molar-refractivity contribution in [3.8, 4) is 0 Å². The molecule has 0 aliphatic carbocycles. The molecule has 0 aromatic rings. The SMILES string of the molecule is C=C/C=N\[C@H](C)I. The lowest BCUT2D eigenvalue weighted by atomic mass is 10.7. The summed E-state index contributed by atoms with van der Waals surface area (Å²) in [5, 5.41) is 0. The van der Waals surface area contributed by atoms with Crippen LogP contribution in [0.5, 0.6) is 0 Å². The van der Waals surface area contributed by atoms with Gasteiger partial charge in [-0.15, -0.1) is 0 Å². The number of rotatable bonds is 2. The molecule has 40 valence electrons. The number of alkyl halides is 1. The fraction of sp³-hybridized carbons (Fsp3) is 0.400. The Balaban J connectivity index is 3.25. The van der Waals surface area contributed by atoms with Gasteiger partial charge in [-0.05, 0) is 6.92 Å². The molecule has 0 aliphatic rings. The van der Waals surface area contributed by atoms with E-state index in [-0.39, 0.29) is 0 Å². The summed E-state index contributed by atoms with van der Waals surface area (Å²) < 4.78 is 0.371. The minimum Gasteiger partial charge on any atom is -0.280 e. The van der Waals surface area contributed by atoms with Gasteiger partial charge in [0.1, 0.15) is 0 Å². The summed E-state index contributed by atoms with van der Waals surface area (Å²) in [6.07, 6.45) is 3.38. The van der Waals surface area contributed by atoms with Crippen molar-refractivity contribution in [1.82, 2.24) is 0 Å². The smallest absolute Gasteiger partial charge is 0.0982 e. The highest BCUT2D eigenvalue weighted by atomic mass is 127. The summed E-state index contributed by atoms with van der Waals surface area (Å²) in [4.78, 5) is 3.99. The van der Waals surface area contributed by atoms with E-state index in [0.717, 1.165) is 0 Å². The van der Waals surface area contributed by atoms with Gasteiger partial charge in [-0.1, -0.05) is 35.2 Å². The van der Waals surface area contributed by atoms with Crippen molar-refractivity contribution >= 4 is 28.8 Å². The van der Waals surface area contributed by atoms with Gasteiger partial charge in [0.25, 0.3) is 0 Å². The average Bonchev–Trinajstić information content (AvgIpc) is 1.61. The second kappa shape index (κ2) is 4.30. The highest BCUT2D eigenvalue weighted by Crippen LogP contribution is 1.96. The first-order valence-electron chi connectivity index (χ1n) is 2.05. The lowest BCUT2D eigenvalue weighted by Crippen LogP contribution is -1.79. The first-order valence-corrected chi connectivity index (χ1v) is 3.30. The fourth-order valence-corrected chi connectivity index (χ4v) is 0.365. The van der Waals surface area contributed by atoms with Gasteiger partial charge in [0.2, 0.25) is 0 Å². The molecule has 0 aromatic carbocycles. The molecule has 0 aromatic heterocycles. The molecule has 1 nitrogen and oxygen atoms in total. The first-order chi connectivity index (χ1) is 3.27. The Hall–Kier alpha value is 0.140. The van der Waals surface area contributed by atoms with Gasteiger partial charge in [-0.25, -0.2) is 0 Å². The van der Waals surface area contributed by atoms with Crippen molar-refractivity contribution in [3.05, 3.63) is 12.7 Å². The molecule has 0 aliphatic heterocycles. The van der Waals surface area contributed by atoms with Crippen LogP contribution in [0.25, 0.3) is 0 Å². The number of hydrogen-bond acceptors (Lipinski definition) is 1. The van der Waals surface area contributed by atoms with Gasteiger partial charge in [0, 0.05) is 6.21 Å². The zero-order valence-electron chi connectivity index (χ0n) is 4.26. The van der Waals surface area contributed by atoms with E-state index in [4.69, 9.17) is 0 Å². The summed E-state index contributed by atoms with van der Waals surface area (Å²) in [6, 6.07) is 0. The first kappa shape index (κ1) is 7.14. The summed E-state index contributed by atoms with van der Waals surface area (Å²) in [6.45, 7) is 5.49. The van der Waals surface area contributed by atoms with Crippen molar-refractivity contribution in [2.75, 3.05) is 0 Å². The Morgan fingerprint density at radius 3 is 2.57 bits per heavy atom. The van der Waals surface area contributed by atoms with Crippen molar-refractivity contribution in [1.29, 1.82) is 0 Å². The Bertz CT molecular complexity index is 76.1. The van der Waals surface area contributed by atoms with E-state index < -0.39 is 0 Å². The van der Waals surface area contributed by atoms with Crippen LogP contribution >= 0.6 is 22.6 Å². The molecule has 0 saturated carbocycles. The largest absolute Gasteiger partial charge is 0.280 e. The second-order valence-corrected chi connectivity index (χ2v) is 2.91. The van der Waals surface area contributed by atoms with Crippen molar-refractivity contribution in [2.45, 2.75) is 11.0 Å². The Morgan fingerprint density at radius 2 is 2.43 bits per heavy atom. The molecule has 0 heterocycles.